The standard InChI is InChI=1S/C13H27NO2/c1-3-14(4-2)11-9-7-5-6-8-10-12-16-13-15/h13H,3-12H2,1-2H3. The Morgan fingerprint density at radius 3 is 2.06 bits per heavy atom. The SMILES string of the molecule is CCN(CC)CCCCCCCCOC=O. The van der Waals surface area contributed by atoms with Crippen LogP contribution in [-0.4, -0.2) is 37.6 Å². The van der Waals surface area contributed by atoms with Gasteiger partial charge in [-0.1, -0.05) is 39.5 Å². The second-order valence-electron chi connectivity index (χ2n) is 4.12. The molecule has 0 radical (unpaired) electrons. The summed E-state index contributed by atoms with van der Waals surface area (Å²) >= 11 is 0. The van der Waals surface area contributed by atoms with E-state index in [1.807, 2.05) is 0 Å². The molecule has 0 aromatic carbocycles. The molecule has 96 valence electrons. The van der Waals surface area contributed by atoms with Crippen LogP contribution in [0.15, 0.2) is 0 Å². The van der Waals surface area contributed by atoms with Crippen molar-refractivity contribution in [3.05, 3.63) is 0 Å². The first-order chi connectivity index (χ1) is 7.85. The van der Waals surface area contributed by atoms with E-state index in [1.54, 1.807) is 0 Å². The van der Waals surface area contributed by atoms with Crippen molar-refractivity contribution in [2.45, 2.75) is 52.4 Å². The van der Waals surface area contributed by atoms with Crippen LogP contribution in [0.4, 0.5) is 0 Å². The molecule has 0 aliphatic carbocycles. The van der Waals surface area contributed by atoms with Crippen LogP contribution in [0, 0.1) is 0 Å². The number of rotatable bonds is 12. The zero-order chi connectivity index (χ0) is 12.1. The van der Waals surface area contributed by atoms with Crippen molar-refractivity contribution in [1.82, 2.24) is 4.90 Å². The summed E-state index contributed by atoms with van der Waals surface area (Å²) in [5.74, 6) is 0. The van der Waals surface area contributed by atoms with Gasteiger partial charge in [-0.25, -0.2) is 0 Å². The minimum atomic E-state index is 0.532. The molecule has 0 aliphatic rings. The predicted octanol–water partition coefficient (Wildman–Crippen LogP) is 2.84. The Labute approximate surface area is 100 Å². The Balaban J connectivity index is 3.06. The maximum absolute atomic E-state index is 9.87. The quantitative estimate of drug-likeness (QED) is 0.381. The fraction of sp³-hybridized carbons (Fsp3) is 0.923. The molecule has 0 saturated carbocycles. The highest BCUT2D eigenvalue weighted by atomic mass is 16.5. The third kappa shape index (κ3) is 9.97. The Morgan fingerprint density at radius 1 is 0.938 bits per heavy atom. The summed E-state index contributed by atoms with van der Waals surface area (Å²) in [5.41, 5.74) is 0. The summed E-state index contributed by atoms with van der Waals surface area (Å²) in [4.78, 5) is 12.3. The van der Waals surface area contributed by atoms with Gasteiger partial charge in [0.05, 0.1) is 6.61 Å². The molecule has 0 fully saturated rings. The van der Waals surface area contributed by atoms with Crippen molar-refractivity contribution >= 4 is 6.47 Å². The first-order valence-electron chi connectivity index (χ1n) is 6.62. The van der Waals surface area contributed by atoms with Gasteiger partial charge >= 0.3 is 0 Å². The molecule has 0 atom stereocenters. The van der Waals surface area contributed by atoms with E-state index in [9.17, 15) is 4.79 Å². The minimum Gasteiger partial charge on any atom is -0.468 e. The van der Waals surface area contributed by atoms with Crippen LogP contribution in [0.25, 0.3) is 0 Å². The highest BCUT2D eigenvalue weighted by molar-refractivity contribution is 5.36. The van der Waals surface area contributed by atoms with Gasteiger partial charge in [-0.2, -0.15) is 0 Å². The van der Waals surface area contributed by atoms with Gasteiger partial charge in [-0.05, 0) is 32.5 Å². The maximum Gasteiger partial charge on any atom is 0.293 e. The first kappa shape index (κ1) is 15.4. The molecular weight excluding hydrogens is 202 g/mol. The summed E-state index contributed by atoms with van der Waals surface area (Å²) in [6.45, 7) is 9.13. The third-order valence-electron chi connectivity index (χ3n) is 2.95. The molecule has 0 aliphatic heterocycles. The second-order valence-corrected chi connectivity index (χ2v) is 4.12. The highest BCUT2D eigenvalue weighted by Crippen LogP contribution is 2.06. The highest BCUT2D eigenvalue weighted by Gasteiger charge is 1.97. The molecule has 3 nitrogen and oxygen atoms in total. The van der Waals surface area contributed by atoms with Crippen molar-refractivity contribution in [3.8, 4) is 0 Å². The third-order valence-corrected chi connectivity index (χ3v) is 2.95. The molecule has 0 saturated heterocycles. The smallest absolute Gasteiger partial charge is 0.293 e. The Bertz CT molecular complexity index is 147. The Morgan fingerprint density at radius 2 is 1.50 bits per heavy atom. The van der Waals surface area contributed by atoms with E-state index in [-0.39, 0.29) is 0 Å². The fourth-order valence-corrected chi connectivity index (χ4v) is 1.82. The molecule has 0 N–H and O–H groups in total. The van der Waals surface area contributed by atoms with Crippen LogP contribution < -0.4 is 0 Å². The maximum atomic E-state index is 9.87. The molecular formula is C13H27NO2. The van der Waals surface area contributed by atoms with Crippen LogP contribution in [0.3, 0.4) is 0 Å². The van der Waals surface area contributed by atoms with Crippen molar-refractivity contribution in [2.75, 3.05) is 26.2 Å². The van der Waals surface area contributed by atoms with E-state index < -0.39 is 0 Å². The van der Waals surface area contributed by atoms with Gasteiger partial charge in [-0.3, -0.25) is 4.79 Å². The lowest BCUT2D eigenvalue weighted by atomic mass is 10.1. The lowest BCUT2D eigenvalue weighted by molar-refractivity contribution is -0.128. The molecule has 16 heavy (non-hydrogen) atoms. The Kier molecular flexibility index (Phi) is 12.1. The van der Waals surface area contributed by atoms with E-state index in [1.165, 1.54) is 51.7 Å². The topological polar surface area (TPSA) is 29.5 Å². The van der Waals surface area contributed by atoms with Gasteiger partial charge in [0, 0.05) is 0 Å². The van der Waals surface area contributed by atoms with E-state index in [4.69, 9.17) is 0 Å². The Hall–Kier alpha value is -0.570. The average molecular weight is 229 g/mol. The number of unbranched alkanes of at least 4 members (excludes halogenated alkanes) is 5. The first-order valence-corrected chi connectivity index (χ1v) is 6.62. The van der Waals surface area contributed by atoms with Crippen LogP contribution in [-0.2, 0) is 9.53 Å². The molecule has 0 aromatic rings. The van der Waals surface area contributed by atoms with Crippen LogP contribution in [0.1, 0.15) is 52.4 Å². The predicted molar refractivity (Wildman–Crippen MR) is 67.5 cm³/mol. The summed E-state index contributed by atoms with van der Waals surface area (Å²) < 4.78 is 4.63. The summed E-state index contributed by atoms with van der Waals surface area (Å²) in [7, 11) is 0. The number of ether oxygens (including phenoxy) is 1. The van der Waals surface area contributed by atoms with Crippen LogP contribution >= 0.6 is 0 Å². The van der Waals surface area contributed by atoms with Crippen molar-refractivity contribution < 1.29 is 9.53 Å². The summed E-state index contributed by atoms with van der Waals surface area (Å²) in [5, 5.41) is 0. The second kappa shape index (κ2) is 12.5. The van der Waals surface area contributed by atoms with E-state index in [0.717, 1.165) is 6.42 Å². The minimum absolute atomic E-state index is 0.532. The molecule has 0 rings (SSSR count). The fourth-order valence-electron chi connectivity index (χ4n) is 1.82. The normalized spacial score (nSPS) is 10.7. The van der Waals surface area contributed by atoms with Crippen molar-refractivity contribution in [3.63, 3.8) is 0 Å². The number of carbonyl (C=O) groups excluding carboxylic acids is 1. The number of carbonyl (C=O) groups is 1. The molecule has 0 aromatic heterocycles. The summed E-state index contributed by atoms with van der Waals surface area (Å²) in [6, 6.07) is 0. The lowest BCUT2D eigenvalue weighted by Gasteiger charge is -2.17. The molecule has 0 unspecified atom stereocenters. The average Bonchev–Trinajstić information content (AvgIpc) is 2.32. The zero-order valence-electron chi connectivity index (χ0n) is 10.9. The number of nitrogens with zero attached hydrogens (tertiary/aromatic N) is 1. The number of hydrogen-bond acceptors (Lipinski definition) is 3. The number of hydrogen-bond donors (Lipinski definition) is 0. The van der Waals surface area contributed by atoms with Crippen LogP contribution in [0.5, 0.6) is 0 Å². The van der Waals surface area contributed by atoms with E-state index in [2.05, 4.69) is 23.5 Å². The molecule has 0 heterocycles. The van der Waals surface area contributed by atoms with Gasteiger partial charge in [0.2, 0.25) is 0 Å². The lowest BCUT2D eigenvalue weighted by Crippen LogP contribution is -2.23. The van der Waals surface area contributed by atoms with Gasteiger partial charge in [-0.15, -0.1) is 0 Å². The van der Waals surface area contributed by atoms with Crippen molar-refractivity contribution in [1.29, 1.82) is 0 Å². The van der Waals surface area contributed by atoms with Crippen LogP contribution in [0.2, 0.25) is 0 Å². The van der Waals surface area contributed by atoms with Gasteiger partial charge < -0.3 is 9.64 Å². The van der Waals surface area contributed by atoms with Gasteiger partial charge in [0.25, 0.3) is 6.47 Å². The monoisotopic (exact) mass is 229 g/mol. The van der Waals surface area contributed by atoms with Gasteiger partial charge in [0.15, 0.2) is 0 Å². The van der Waals surface area contributed by atoms with E-state index in [0.29, 0.717) is 13.1 Å². The summed E-state index contributed by atoms with van der Waals surface area (Å²) in [6.07, 6.45) is 7.40. The molecule has 0 spiro atoms. The molecule has 3 heteroatoms. The van der Waals surface area contributed by atoms with E-state index >= 15 is 0 Å². The largest absolute Gasteiger partial charge is 0.468 e. The molecule has 0 amide bonds. The van der Waals surface area contributed by atoms with Crippen molar-refractivity contribution in [2.24, 2.45) is 0 Å². The zero-order valence-corrected chi connectivity index (χ0v) is 10.9. The molecule has 0 bridgehead atoms. The van der Waals surface area contributed by atoms with Gasteiger partial charge in [0.1, 0.15) is 0 Å².